The highest BCUT2D eigenvalue weighted by atomic mass is 35.5. The fourth-order valence-corrected chi connectivity index (χ4v) is 1.95. The molecule has 0 fully saturated rings. The van der Waals surface area contributed by atoms with Gasteiger partial charge in [-0.25, -0.2) is 9.59 Å². The normalized spacial score (nSPS) is 10.8. The third-order valence-electron chi connectivity index (χ3n) is 2.88. The molecule has 138 valence electrons. The number of carbonyl (C=O) groups is 2. The molecule has 0 heterocycles. The second-order valence-electron chi connectivity index (χ2n) is 4.63. The van der Waals surface area contributed by atoms with E-state index in [1.807, 2.05) is 0 Å². The molecule has 0 aromatic heterocycles. The summed E-state index contributed by atoms with van der Waals surface area (Å²) in [6.45, 7) is 3.13. The summed E-state index contributed by atoms with van der Waals surface area (Å²) in [7, 11) is 0. The van der Waals surface area contributed by atoms with Gasteiger partial charge in [0.2, 0.25) is 0 Å². The minimum atomic E-state index is -4.52. The van der Waals surface area contributed by atoms with Crippen molar-refractivity contribution in [2.45, 2.75) is 20.0 Å². The predicted molar refractivity (Wildman–Crippen MR) is 86.3 cm³/mol. The first-order valence-electron chi connectivity index (χ1n) is 7.35. The summed E-state index contributed by atoms with van der Waals surface area (Å²) < 4.78 is 47.7. The lowest BCUT2D eigenvalue weighted by atomic mass is 10.2. The molecule has 0 spiro atoms. The van der Waals surface area contributed by atoms with Crippen LogP contribution in [0.5, 0.6) is 0 Å². The number of rotatable bonds is 7. The second kappa shape index (κ2) is 9.31. The van der Waals surface area contributed by atoms with Crippen molar-refractivity contribution in [1.82, 2.24) is 0 Å². The fraction of sp³-hybridized carbons (Fsp3) is 0.375. The van der Waals surface area contributed by atoms with Crippen molar-refractivity contribution in [2.75, 3.05) is 25.1 Å². The molecular formula is C16H17ClF3NO4. The zero-order valence-corrected chi connectivity index (χ0v) is 14.3. The maximum absolute atomic E-state index is 12.7. The molecule has 1 aromatic carbocycles. The average molecular weight is 380 g/mol. The van der Waals surface area contributed by atoms with Crippen molar-refractivity contribution in [3.63, 3.8) is 0 Å². The highest BCUT2D eigenvalue weighted by molar-refractivity contribution is 6.33. The Morgan fingerprint density at radius 1 is 1.16 bits per heavy atom. The largest absolute Gasteiger partial charge is 0.462 e. The van der Waals surface area contributed by atoms with Crippen LogP contribution in [0.4, 0.5) is 18.9 Å². The third kappa shape index (κ3) is 6.30. The van der Waals surface area contributed by atoms with Gasteiger partial charge < -0.3 is 14.8 Å². The molecule has 0 bridgehead atoms. The molecule has 0 saturated carbocycles. The maximum atomic E-state index is 12.7. The Labute approximate surface area is 147 Å². The number of ether oxygens (including phenoxy) is 2. The smallest absolute Gasteiger partial charge is 0.416 e. The monoisotopic (exact) mass is 379 g/mol. The van der Waals surface area contributed by atoms with Crippen molar-refractivity contribution in [3.05, 3.63) is 40.4 Å². The van der Waals surface area contributed by atoms with Gasteiger partial charge in [-0.2, -0.15) is 13.2 Å². The summed E-state index contributed by atoms with van der Waals surface area (Å²) >= 11 is 5.85. The minimum Gasteiger partial charge on any atom is -0.462 e. The Morgan fingerprint density at radius 3 is 2.20 bits per heavy atom. The maximum Gasteiger partial charge on any atom is 0.416 e. The number of anilines is 1. The van der Waals surface area contributed by atoms with E-state index in [9.17, 15) is 22.8 Å². The first kappa shape index (κ1) is 20.8. The van der Waals surface area contributed by atoms with Crippen molar-refractivity contribution >= 4 is 29.2 Å². The number of nitrogens with one attached hydrogen (secondary N) is 1. The lowest BCUT2D eigenvalue weighted by Crippen LogP contribution is -2.19. The van der Waals surface area contributed by atoms with Crippen LogP contribution in [0.2, 0.25) is 5.02 Å². The van der Waals surface area contributed by atoms with Gasteiger partial charge in [0.05, 0.1) is 29.5 Å². The van der Waals surface area contributed by atoms with Crippen LogP contribution in [0.3, 0.4) is 0 Å². The van der Waals surface area contributed by atoms with E-state index in [1.54, 1.807) is 13.8 Å². The zero-order valence-electron chi connectivity index (χ0n) is 13.6. The molecule has 25 heavy (non-hydrogen) atoms. The zero-order chi connectivity index (χ0) is 19.0. The van der Waals surface area contributed by atoms with Crippen LogP contribution in [0, 0.1) is 0 Å². The highest BCUT2D eigenvalue weighted by Crippen LogP contribution is 2.33. The van der Waals surface area contributed by atoms with Crippen molar-refractivity contribution in [1.29, 1.82) is 0 Å². The molecule has 0 aliphatic rings. The molecule has 0 saturated heterocycles. The van der Waals surface area contributed by atoms with E-state index in [0.29, 0.717) is 0 Å². The molecule has 0 aliphatic heterocycles. The van der Waals surface area contributed by atoms with Crippen molar-refractivity contribution < 1.29 is 32.2 Å². The highest BCUT2D eigenvalue weighted by Gasteiger charge is 2.31. The lowest BCUT2D eigenvalue weighted by molar-refractivity contribution is -0.146. The van der Waals surface area contributed by atoms with Crippen molar-refractivity contribution in [2.24, 2.45) is 0 Å². The SMILES string of the molecule is CCOC(=O)C(=CCNc1cc(C(F)(F)F)ccc1Cl)C(=O)OCC. The van der Waals surface area contributed by atoms with Crippen LogP contribution in [-0.4, -0.2) is 31.7 Å². The van der Waals surface area contributed by atoms with Crippen LogP contribution in [0.1, 0.15) is 19.4 Å². The van der Waals surface area contributed by atoms with E-state index in [2.05, 4.69) is 5.32 Å². The Bertz CT molecular complexity index is 639. The summed E-state index contributed by atoms with van der Waals surface area (Å²) in [5, 5.41) is 2.69. The number of benzene rings is 1. The summed E-state index contributed by atoms with van der Waals surface area (Å²) in [6, 6.07) is 2.80. The van der Waals surface area contributed by atoms with E-state index in [4.69, 9.17) is 21.1 Å². The number of hydrogen-bond acceptors (Lipinski definition) is 5. The number of halogens is 4. The molecule has 0 amide bonds. The molecule has 9 heteroatoms. The van der Waals surface area contributed by atoms with E-state index >= 15 is 0 Å². The van der Waals surface area contributed by atoms with Gasteiger partial charge in [-0.05, 0) is 38.1 Å². The summed E-state index contributed by atoms with van der Waals surface area (Å²) in [5.41, 5.74) is -1.21. The average Bonchev–Trinajstić information content (AvgIpc) is 2.52. The first-order chi connectivity index (χ1) is 11.7. The van der Waals surface area contributed by atoms with Gasteiger partial charge >= 0.3 is 18.1 Å². The van der Waals surface area contributed by atoms with Crippen LogP contribution in [-0.2, 0) is 25.2 Å². The molecule has 0 radical (unpaired) electrons. The van der Waals surface area contributed by atoms with Crippen LogP contribution in [0.25, 0.3) is 0 Å². The van der Waals surface area contributed by atoms with Gasteiger partial charge in [0.25, 0.3) is 0 Å². The minimum absolute atomic E-state index is 0.0137. The van der Waals surface area contributed by atoms with Gasteiger partial charge in [0.1, 0.15) is 5.57 Å². The molecule has 0 aliphatic carbocycles. The summed E-state index contributed by atoms with van der Waals surface area (Å²) in [4.78, 5) is 23.5. The predicted octanol–water partition coefficient (Wildman–Crippen LogP) is 3.82. The molecule has 1 N–H and O–H groups in total. The topological polar surface area (TPSA) is 64.6 Å². The number of carbonyl (C=O) groups excluding carboxylic acids is 2. The Balaban J connectivity index is 2.94. The van der Waals surface area contributed by atoms with E-state index in [1.165, 1.54) is 6.08 Å². The van der Waals surface area contributed by atoms with E-state index in [0.717, 1.165) is 18.2 Å². The fourth-order valence-electron chi connectivity index (χ4n) is 1.77. The Kier molecular flexibility index (Phi) is 7.76. The van der Waals surface area contributed by atoms with Crippen LogP contribution in [0.15, 0.2) is 29.8 Å². The standard InChI is InChI=1S/C16H17ClF3NO4/c1-3-24-14(22)11(15(23)25-4-2)7-8-21-13-9-10(16(18,19)20)5-6-12(13)17/h5-7,9,21H,3-4,8H2,1-2H3. The van der Waals surface area contributed by atoms with Gasteiger partial charge in [-0.15, -0.1) is 0 Å². The number of hydrogen-bond donors (Lipinski definition) is 1. The Morgan fingerprint density at radius 2 is 1.72 bits per heavy atom. The molecule has 5 nitrogen and oxygen atoms in total. The Hall–Kier alpha value is -2.22. The summed E-state index contributed by atoms with van der Waals surface area (Å²) in [5.74, 6) is -1.75. The second-order valence-corrected chi connectivity index (χ2v) is 5.04. The number of alkyl halides is 3. The lowest BCUT2D eigenvalue weighted by Gasteiger charge is -2.12. The van der Waals surface area contributed by atoms with Crippen LogP contribution >= 0.6 is 11.6 Å². The van der Waals surface area contributed by atoms with E-state index in [-0.39, 0.29) is 36.0 Å². The molecule has 0 unspecified atom stereocenters. The van der Waals surface area contributed by atoms with Gasteiger partial charge in [0, 0.05) is 6.54 Å². The third-order valence-corrected chi connectivity index (χ3v) is 3.21. The van der Waals surface area contributed by atoms with E-state index < -0.39 is 23.7 Å². The molecular weight excluding hydrogens is 363 g/mol. The van der Waals surface area contributed by atoms with Gasteiger partial charge in [-0.1, -0.05) is 11.6 Å². The van der Waals surface area contributed by atoms with Crippen molar-refractivity contribution in [3.8, 4) is 0 Å². The summed E-state index contributed by atoms with van der Waals surface area (Å²) in [6.07, 6.45) is -3.34. The van der Waals surface area contributed by atoms with Crippen LogP contribution < -0.4 is 5.32 Å². The molecule has 1 rings (SSSR count). The van der Waals surface area contributed by atoms with Gasteiger partial charge in [0.15, 0.2) is 0 Å². The molecule has 0 atom stereocenters. The quantitative estimate of drug-likeness (QED) is 0.337. The molecule has 1 aromatic rings. The van der Waals surface area contributed by atoms with Gasteiger partial charge in [-0.3, -0.25) is 0 Å². The first-order valence-corrected chi connectivity index (χ1v) is 7.73. The number of esters is 2.